The number of thioether (sulfide) groups is 1. The third-order valence-corrected chi connectivity index (χ3v) is 12.4. The molecule has 5 aromatic carbocycles. The van der Waals surface area contributed by atoms with Gasteiger partial charge in [0, 0.05) is 78.2 Å². The summed E-state index contributed by atoms with van der Waals surface area (Å²) in [4.78, 5) is 25.6. The second-order valence-electron chi connectivity index (χ2n) is 13.4. The molecule has 0 saturated carbocycles. The van der Waals surface area contributed by atoms with Gasteiger partial charge in [-0.15, -0.1) is 11.8 Å². The van der Waals surface area contributed by atoms with E-state index < -0.39 is 20.6 Å². The van der Waals surface area contributed by atoms with Crippen LogP contribution in [0, 0.1) is 10.1 Å². The fourth-order valence-corrected chi connectivity index (χ4v) is 8.98. The van der Waals surface area contributed by atoms with Gasteiger partial charge in [-0.1, -0.05) is 66.2 Å². The number of sulfonamides is 1. The third kappa shape index (κ3) is 9.40. The average molecular weight is 810 g/mol. The predicted molar refractivity (Wildman–Crippen MR) is 224 cm³/mol. The van der Waals surface area contributed by atoms with Gasteiger partial charge >= 0.3 is 0 Å². The van der Waals surface area contributed by atoms with E-state index in [9.17, 15) is 23.6 Å². The van der Waals surface area contributed by atoms with Gasteiger partial charge in [0.25, 0.3) is 15.7 Å². The van der Waals surface area contributed by atoms with Crippen LogP contribution in [0.25, 0.3) is 22.0 Å². The summed E-state index contributed by atoms with van der Waals surface area (Å²) in [5.41, 5.74) is 4.77. The van der Waals surface area contributed by atoms with E-state index in [0.717, 1.165) is 54.9 Å². The van der Waals surface area contributed by atoms with Crippen LogP contribution in [-0.2, 0) is 16.6 Å². The maximum atomic E-state index is 13.6. The normalized spacial score (nSPS) is 14.1. The summed E-state index contributed by atoms with van der Waals surface area (Å²) in [5, 5.41) is 26.1. The smallest absolute Gasteiger partial charge is 0.293 e. The van der Waals surface area contributed by atoms with E-state index in [1.54, 1.807) is 17.8 Å². The van der Waals surface area contributed by atoms with Gasteiger partial charge in [0.2, 0.25) is 0 Å². The van der Waals surface area contributed by atoms with Crippen molar-refractivity contribution in [2.24, 2.45) is 0 Å². The first kappa shape index (κ1) is 39.0. The number of halogens is 1. The van der Waals surface area contributed by atoms with Crippen molar-refractivity contribution in [3.05, 3.63) is 142 Å². The van der Waals surface area contributed by atoms with Gasteiger partial charge in [0.1, 0.15) is 12.0 Å². The van der Waals surface area contributed by atoms with E-state index >= 15 is 0 Å². The average Bonchev–Trinajstić information content (AvgIpc) is 3.21. The highest BCUT2D eigenvalue weighted by molar-refractivity contribution is 7.99. The number of aliphatic hydroxyl groups is 1. The molecular weight excluding hydrogens is 770 g/mol. The van der Waals surface area contributed by atoms with Crippen LogP contribution in [-0.4, -0.2) is 77.9 Å². The number of fused-ring (bicyclic) bond motifs is 1. The van der Waals surface area contributed by atoms with Gasteiger partial charge in [-0.25, -0.2) is 18.4 Å². The van der Waals surface area contributed by atoms with Crippen molar-refractivity contribution in [3.8, 4) is 11.1 Å². The number of piperazine rings is 1. The van der Waals surface area contributed by atoms with E-state index in [1.165, 1.54) is 29.6 Å². The monoisotopic (exact) mass is 809 g/mol. The molecule has 288 valence electrons. The Morgan fingerprint density at radius 2 is 1.64 bits per heavy atom. The number of aliphatic hydroxyl groups excluding tert-OH is 1. The molecule has 1 saturated heterocycles. The zero-order chi connectivity index (χ0) is 39.1. The molecule has 7 rings (SSSR count). The summed E-state index contributed by atoms with van der Waals surface area (Å²) >= 11 is 7.96. The van der Waals surface area contributed by atoms with Crippen molar-refractivity contribution < 1.29 is 18.4 Å². The molecule has 3 N–H and O–H groups in total. The zero-order valence-electron chi connectivity index (χ0n) is 30.3. The van der Waals surface area contributed by atoms with Crippen LogP contribution in [0.3, 0.4) is 0 Å². The van der Waals surface area contributed by atoms with Crippen LogP contribution in [0.2, 0.25) is 5.02 Å². The molecule has 1 aliphatic rings. The molecule has 2 heterocycles. The number of hydrogen-bond acceptors (Lipinski definition) is 11. The molecule has 1 fully saturated rings. The van der Waals surface area contributed by atoms with Crippen LogP contribution < -0.4 is 14.9 Å². The number of hydrogen-bond donors (Lipinski definition) is 3. The van der Waals surface area contributed by atoms with Crippen LogP contribution in [0.15, 0.2) is 131 Å². The number of nitrogens with one attached hydrogen (secondary N) is 2. The molecule has 15 heteroatoms. The van der Waals surface area contributed by atoms with Gasteiger partial charge in [-0.3, -0.25) is 19.7 Å². The highest BCUT2D eigenvalue weighted by Crippen LogP contribution is 2.33. The largest absolute Gasteiger partial charge is 0.396 e. The quantitative estimate of drug-likeness (QED) is 0.0527. The Kier molecular flexibility index (Phi) is 12.3. The highest BCUT2D eigenvalue weighted by atomic mass is 35.5. The van der Waals surface area contributed by atoms with E-state index in [2.05, 4.69) is 48.0 Å². The molecule has 1 atom stereocenters. The van der Waals surface area contributed by atoms with Crippen LogP contribution in [0.5, 0.6) is 0 Å². The van der Waals surface area contributed by atoms with Crippen molar-refractivity contribution in [1.29, 1.82) is 0 Å². The molecule has 0 aliphatic carbocycles. The Morgan fingerprint density at radius 3 is 2.38 bits per heavy atom. The van der Waals surface area contributed by atoms with E-state index in [1.807, 2.05) is 72.8 Å². The molecule has 0 radical (unpaired) electrons. The molecule has 1 aliphatic heterocycles. The number of aromatic nitrogens is 2. The number of anilines is 3. The van der Waals surface area contributed by atoms with Crippen molar-refractivity contribution in [2.75, 3.05) is 53.5 Å². The van der Waals surface area contributed by atoms with Gasteiger partial charge in [-0.05, 0) is 77.7 Å². The Bertz CT molecular complexity index is 2420. The fourth-order valence-electron chi connectivity index (χ4n) is 6.75. The predicted octanol–water partition coefficient (Wildman–Crippen LogP) is 7.94. The molecule has 56 heavy (non-hydrogen) atoms. The molecule has 0 amide bonds. The van der Waals surface area contributed by atoms with Crippen LogP contribution in [0.4, 0.5) is 22.9 Å². The number of benzene rings is 5. The molecule has 6 aromatic rings. The minimum atomic E-state index is -4.29. The third-order valence-electron chi connectivity index (χ3n) is 9.64. The summed E-state index contributed by atoms with van der Waals surface area (Å²) in [6.45, 7) is 3.89. The van der Waals surface area contributed by atoms with Gasteiger partial charge < -0.3 is 15.3 Å². The molecule has 12 nitrogen and oxygen atoms in total. The summed E-state index contributed by atoms with van der Waals surface area (Å²) in [6.07, 6.45) is 1.64. The maximum absolute atomic E-state index is 13.6. The van der Waals surface area contributed by atoms with Crippen LogP contribution in [0.1, 0.15) is 12.0 Å². The lowest BCUT2D eigenvalue weighted by atomic mass is 9.99. The van der Waals surface area contributed by atoms with E-state index in [-0.39, 0.29) is 29.0 Å². The van der Waals surface area contributed by atoms with Crippen molar-refractivity contribution in [3.63, 3.8) is 0 Å². The Balaban J connectivity index is 1.02. The maximum Gasteiger partial charge on any atom is 0.293 e. The van der Waals surface area contributed by atoms with Crippen LogP contribution >= 0.6 is 23.4 Å². The van der Waals surface area contributed by atoms with Gasteiger partial charge in [-0.2, -0.15) is 0 Å². The van der Waals surface area contributed by atoms with Crippen molar-refractivity contribution in [2.45, 2.75) is 28.8 Å². The lowest BCUT2D eigenvalue weighted by molar-refractivity contribution is -0.384. The highest BCUT2D eigenvalue weighted by Gasteiger charge is 2.25. The topological polar surface area (TPSA) is 154 Å². The molecule has 1 aromatic heterocycles. The molecule has 1 unspecified atom stereocenters. The zero-order valence-corrected chi connectivity index (χ0v) is 32.7. The fraction of sp³-hybridized carbons (Fsp3) is 0.220. The van der Waals surface area contributed by atoms with E-state index in [0.29, 0.717) is 28.1 Å². The van der Waals surface area contributed by atoms with Crippen molar-refractivity contribution in [1.82, 2.24) is 14.9 Å². The number of rotatable bonds is 15. The lowest BCUT2D eigenvalue weighted by Crippen LogP contribution is -2.46. The first-order valence-electron chi connectivity index (χ1n) is 18.1. The summed E-state index contributed by atoms with van der Waals surface area (Å²) < 4.78 is 29.8. The minimum Gasteiger partial charge on any atom is -0.396 e. The minimum absolute atomic E-state index is 0.0629. The summed E-state index contributed by atoms with van der Waals surface area (Å²) in [6, 6.07) is 35.1. The number of nitro groups is 1. The standard InChI is InChI=1S/C41H40ClN7O5S2/c42-31-11-14-36(29-7-3-1-4-8-29)30(23-31)26-47-18-20-48(21-19-47)33-12-15-37-39(24-33)43-28-44-41(37)46-56(53,54)35-13-16-38(40(25-35)49(51)52)45-32(17-22-50)27-55-34-9-5-2-6-10-34/h1-16,23-25,28,32,45,50H,17-22,26-27H2,(H,43,44,46). The second-order valence-corrected chi connectivity index (χ2v) is 16.6. The Morgan fingerprint density at radius 1 is 0.893 bits per heavy atom. The molecule has 0 bridgehead atoms. The number of nitro benzene ring substituents is 1. The Hall–Kier alpha value is -5.25. The van der Waals surface area contributed by atoms with Crippen molar-refractivity contribution >= 4 is 67.2 Å². The van der Waals surface area contributed by atoms with Gasteiger partial charge in [0.05, 0.1) is 15.3 Å². The summed E-state index contributed by atoms with van der Waals surface area (Å²) in [7, 11) is -4.29. The second kappa shape index (κ2) is 17.7. The first-order valence-corrected chi connectivity index (χ1v) is 20.9. The SMILES string of the molecule is O=[N+]([O-])c1cc(S(=O)(=O)Nc2ncnc3cc(N4CCN(Cc5cc(Cl)ccc5-c5ccccc5)CC4)ccc23)ccc1NC(CCO)CSc1ccccc1. The summed E-state index contributed by atoms with van der Waals surface area (Å²) in [5.74, 6) is 0.593. The van der Waals surface area contributed by atoms with Gasteiger partial charge in [0.15, 0.2) is 5.82 Å². The number of nitrogens with zero attached hydrogens (tertiary/aromatic N) is 5. The molecule has 0 spiro atoms. The lowest BCUT2D eigenvalue weighted by Gasteiger charge is -2.36. The Labute approximate surface area is 334 Å². The molecular formula is C41H40ClN7O5S2. The van der Waals surface area contributed by atoms with E-state index in [4.69, 9.17) is 11.6 Å². The first-order chi connectivity index (χ1) is 27.2.